The lowest BCUT2D eigenvalue weighted by molar-refractivity contribution is -0.136. The van der Waals surface area contributed by atoms with Crippen molar-refractivity contribution in [1.29, 1.82) is 0 Å². The Morgan fingerprint density at radius 3 is 2.36 bits per heavy atom. The van der Waals surface area contributed by atoms with Gasteiger partial charge in [-0.3, -0.25) is 9.59 Å². The topological polar surface area (TPSA) is 71.1 Å². The molecule has 2 N–H and O–H groups in total. The van der Waals surface area contributed by atoms with Crippen LogP contribution in [0.25, 0.3) is 10.6 Å². The summed E-state index contributed by atoms with van der Waals surface area (Å²) in [7, 11) is 0. The van der Waals surface area contributed by atoms with Gasteiger partial charge in [0.15, 0.2) is 0 Å². The lowest BCUT2D eigenvalue weighted by atomic mass is 10.2. The van der Waals surface area contributed by atoms with Gasteiger partial charge in [0.2, 0.25) is 0 Å². The van der Waals surface area contributed by atoms with Gasteiger partial charge in [0.05, 0.1) is 5.69 Å². The Kier molecular flexibility index (Phi) is 6.44. The summed E-state index contributed by atoms with van der Waals surface area (Å²) in [6.07, 6.45) is 0.612. The smallest absolute Gasteiger partial charge is 0.313 e. The number of aryl methyl sites for hydroxylation is 2. The van der Waals surface area contributed by atoms with Crippen molar-refractivity contribution >= 4 is 40.4 Å². The summed E-state index contributed by atoms with van der Waals surface area (Å²) in [5.41, 5.74) is 3.61. The number of rotatable bonds is 5. The van der Waals surface area contributed by atoms with Crippen molar-refractivity contribution in [3.63, 3.8) is 0 Å². The maximum Gasteiger partial charge on any atom is 0.313 e. The maximum absolute atomic E-state index is 12.0. The van der Waals surface area contributed by atoms with Crippen molar-refractivity contribution in [2.45, 2.75) is 20.3 Å². The number of hydrogen-bond donors (Lipinski definition) is 2. The van der Waals surface area contributed by atoms with Crippen LogP contribution in [0.3, 0.4) is 0 Å². The first kappa shape index (κ1) is 20.0. The number of aromatic nitrogens is 1. The van der Waals surface area contributed by atoms with Crippen LogP contribution in [0, 0.1) is 13.8 Å². The molecule has 1 heterocycles. The fraction of sp³-hybridized carbons (Fsp3) is 0.190. The third-order valence-corrected chi connectivity index (χ3v) is 5.66. The summed E-state index contributed by atoms with van der Waals surface area (Å²) < 4.78 is 0. The first-order valence-corrected chi connectivity index (χ1v) is 10.00. The molecule has 0 aliphatic rings. The lowest BCUT2D eigenvalue weighted by Crippen LogP contribution is -2.36. The number of hydrogen-bond acceptors (Lipinski definition) is 4. The van der Waals surface area contributed by atoms with E-state index in [1.165, 1.54) is 0 Å². The molecule has 7 heteroatoms. The number of carbonyl (C=O) groups is 2. The largest absolute Gasteiger partial charge is 0.347 e. The van der Waals surface area contributed by atoms with E-state index in [-0.39, 0.29) is 0 Å². The highest BCUT2D eigenvalue weighted by atomic mass is 35.5. The number of carbonyl (C=O) groups excluding carboxylic acids is 2. The molecule has 0 radical (unpaired) electrons. The number of nitrogens with one attached hydrogen (secondary N) is 2. The van der Waals surface area contributed by atoms with Crippen LogP contribution < -0.4 is 10.6 Å². The van der Waals surface area contributed by atoms with E-state index in [0.717, 1.165) is 26.7 Å². The first-order chi connectivity index (χ1) is 13.4. The van der Waals surface area contributed by atoms with Gasteiger partial charge in [-0.1, -0.05) is 41.4 Å². The normalized spacial score (nSPS) is 10.5. The third kappa shape index (κ3) is 5.18. The van der Waals surface area contributed by atoms with E-state index in [1.807, 2.05) is 50.2 Å². The van der Waals surface area contributed by atoms with Crippen molar-refractivity contribution in [3.05, 3.63) is 69.7 Å². The van der Waals surface area contributed by atoms with Crippen LogP contribution in [0.2, 0.25) is 5.02 Å². The van der Waals surface area contributed by atoms with Crippen LogP contribution in [0.15, 0.2) is 48.5 Å². The van der Waals surface area contributed by atoms with Crippen molar-refractivity contribution < 1.29 is 9.59 Å². The van der Waals surface area contributed by atoms with Crippen molar-refractivity contribution in [3.8, 4) is 10.6 Å². The van der Waals surface area contributed by atoms with Gasteiger partial charge in [-0.25, -0.2) is 4.98 Å². The predicted molar refractivity (Wildman–Crippen MR) is 114 cm³/mol. The highest BCUT2D eigenvalue weighted by Crippen LogP contribution is 2.28. The molecule has 5 nitrogen and oxygen atoms in total. The zero-order valence-corrected chi connectivity index (χ0v) is 17.2. The molecule has 3 aromatic rings. The van der Waals surface area contributed by atoms with E-state index in [9.17, 15) is 9.59 Å². The average Bonchev–Trinajstić information content (AvgIpc) is 3.04. The van der Waals surface area contributed by atoms with Crippen LogP contribution in [-0.2, 0) is 16.0 Å². The molecule has 0 aliphatic heterocycles. The Morgan fingerprint density at radius 2 is 1.68 bits per heavy atom. The standard InChI is InChI=1S/C21H20ClN3O2S/c1-13-3-9-17(10-4-13)25-20(27)19(26)23-12-11-18-14(2)24-21(28-18)15-5-7-16(22)8-6-15/h3-10H,11-12H2,1-2H3,(H,23,26)(H,25,27). The fourth-order valence-corrected chi connectivity index (χ4v) is 3.76. The maximum atomic E-state index is 12.0. The predicted octanol–water partition coefficient (Wildman–Crippen LogP) is 4.38. The molecule has 1 aromatic heterocycles. The molecule has 0 saturated heterocycles. The Bertz CT molecular complexity index is 982. The van der Waals surface area contributed by atoms with Crippen molar-refractivity contribution in [1.82, 2.24) is 10.3 Å². The van der Waals surface area contributed by atoms with Gasteiger partial charge < -0.3 is 10.6 Å². The van der Waals surface area contributed by atoms with Crippen LogP contribution in [0.1, 0.15) is 16.1 Å². The molecular formula is C21H20ClN3O2S. The van der Waals surface area contributed by atoms with Gasteiger partial charge in [0.25, 0.3) is 0 Å². The van der Waals surface area contributed by atoms with E-state index in [0.29, 0.717) is 23.7 Å². The number of nitrogens with zero attached hydrogens (tertiary/aromatic N) is 1. The number of thiazole rings is 1. The highest BCUT2D eigenvalue weighted by Gasteiger charge is 2.14. The monoisotopic (exact) mass is 413 g/mol. The summed E-state index contributed by atoms with van der Waals surface area (Å²) in [5.74, 6) is -1.33. The second kappa shape index (κ2) is 8.99. The summed E-state index contributed by atoms with van der Waals surface area (Å²) >= 11 is 7.50. The zero-order chi connectivity index (χ0) is 20.1. The van der Waals surface area contributed by atoms with Crippen LogP contribution >= 0.6 is 22.9 Å². The van der Waals surface area contributed by atoms with Gasteiger partial charge in [0.1, 0.15) is 5.01 Å². The minimum atomic E-state index is -0.674. The number of anilines is 1. The Balaban J connectivity index is 1.53. The number of benzene rings is 2. The van der Waals surface area contributed by atoms with E-state index >= 15 is 0 Å². The molecule has 144 valence electrons. The Morgan fingerprint density at radius 1 is 1.00 bits per heavy atom. The van der Waals surface area contributed by atoms with Crippen LogP contribution in [-0.4, -0.2) is 23.3 Å². The molecule has 28 heavy (non-hydrogen) atoms. The summed E-state index contributed by atoms with van der Waals surface area (Å²) in [6.45, 7) is 4.26. The second-order valence-electron chi connectivity index (χ2n) is 6.36. The lowest BCUT2D eigenvalue weighted by Gasteiger charge is -2.06. The third-order valence-electron chi connectivity index (χ3n) is 4.14. The zero-order valence-electron chi connectivity index (χ0n) is 15.6. The fourth-order valence-electron chi connectivity index (χ4n) is 2.57. The van der Waals surface area contributed by atoms with E-state index < -0.39 is 11.8 Å². The molecule has 0 unspecified atom stereocenters. The van der Waals surface area contributed by atoms with Gasteiger partial charge >= 0.3 is 11.8 Å². The molecule has 0 saturated carbocycles. The summed E-state index contributed by atoms with van der Waals surface area (Å²) in [4.78, 5) is 29.6. The highest BCUT2D eigenvalue weighted by molar-refractivity contribution is 7.15. The Hall–Kier alpha value is -2.70. The van der Waals surface area contributed by atoms with Gasteiger partial charge in [-0.2, -0.15) is 0 Å². The van der Waals surface area contributed by atoms with Crippen molar-refractivity contribution in [2.75, 3.05) is 11.9 Å². The summed E-state index contributed by atoms with van der Waals surface area (Å²) in [5, 5.41) is 6.84. The number of amides is 2. The molecule has 3 rings (SSSR count). The van der Waals surface area contributed by atoms with E-state index in [1.54, 1.807) is 23.5 Å². The van der Waals surface area contributed by atoms with Gasteiger partial charge in [0, 0.05) is 34.1 Å². The second-order valence-corrected chi connectivity index (χ2v) is 7.88. The minimum Gasteiger partial charge on any atom is -0.347 e. The van der Waals surface area contributed by atoms with E-state index in [2.05, 4.69) is 15.6 Å². The number of halogens is 1. The van der Waals surface area contributed by atoms with Gasteiger partial charge in [-0.15, -0.1) is 11.3 Å². The Labute approximate surface area is 172 Å². The average molecular weight is 414 g/mol. The molecule has 0 spiro atoms. The SMILES string of the molecule is Cc1ccc(NC(=O)C(=O)NCCc2sc(-c3ccc(Cl)cc3)nc2C)cc1. The molecule has 0 fully saturated rings. The van der Waals surface area contributed by atoms with Gasteiger partial charge in [-0.05, 0) is 38.1 Å². The molecule has 0 aliphatic carbocycles. The molecule has 2 aromatic carbocycles. The quantitative estimate of drug-likeness (QED) is 0.610. The molecular weight excluding hydrogens is 394 g/mol. The first-order valence-electron chi connectivity index (χ1n) is 8.80. The van der Waals surface area contributed by atoms with Crippen LogP contribution in [0.4, 0.5) is 5.69 Å². The van der Waals surface area contributed by atoms with E-state index in [4.69, 9.17) is 11.6 Å². The summed E-state index contributed by atoms with van der Waals surface area (Å²) in [6, 6.07) is 14.8. The van der Waals surface area contributed by atoms with Crippen LogP contribution in [0.5, 0.6) is 0 Å². The minimum absolute atomic E-state index is 0.364. The molecule has 2 amide bonds. The van der Waals surface area contributed by atoms with Crippen molar-refractivity contribution in [2.24, 2.45) is 0 Å². The molecule has 0 atom stereocenters. The molecule has 0 bridgehead atoms.